The van der Waals surface area contributed by atoms with E-state index in [2.05, 4.69) is 15.5 Å². The molecule has 2 fully saturated rings. The van der Waals surface area contributed by atoms with Crippen LogP contribution in [0.3, 0.4) is 0 Å². The Hall–Kier alpha value is -0.550. The topological polar surface area (TPSA) is 51.0 Å². The molecule has 2 aliphatic rings. The van der Waals surface area contributed by atoms with Gasteiger partial charge in [0.15, 0.2) is 5.82 Å². The van der Waals surface area contributed by atoms with Crippen molar-refractivity contribution in [1.29, 1.82) is 0 Å². The van der Waals surface area contributed by atoms with Gasteiger partial charge in [-0.05, 0) is 32.2 Å². The Morgan fingerprint density at radius 3 is 2.83 bits per heavy atom. The first-order valence-electron chi connectivity index (χ1n) is 7.09. The van der Waals surface area contributed by atoms with Gasteiger partial charge in [-0.15, -0.1) is 0 Å². The third-order valence-electron chi connectivity index (χ3n) is 3.84. The molecule has 0 amide bonds. The fourth-order valence-electron chi connectivity index (χ4n) is 2.79. The molecule has 18 heavy (non-hydrogen) atoms. The summed E-state index contributed by atoms with van der Waals surface area (Å²) in [5.74, 6) is 2.56. The molecule has 1 aromatic rings. The zero-order valence-electron chi connectivity index (χ0n) is 10.7. The van der Waals surface area contributed by atoms with Crippen LogP contribution in [0.1, 0.15) is 62.7 Å². The van der Waals surface area contributed by atoms with Crippen LogP contribution >= 0.6 is 11.8 Å². The van der Waals surface area contributed by atoms with Crippen LogP contribution < -0.4 is 5.32 Å². The van der Waals surface area contributed by atoms with Crippen molar-refractivity contribution in [3.63, 3.8) is 0 Å². The first-order chi connectivity index (χ1) is 8.92. The van der Waals surface area contributed by atoms with E-state index in [1.165, 1.54) is 38.5 Å². The predicted molar refractivity (Wildman–Crippen MR) is 72.4 cm³/mol. The maximum atomic E-state index is 5.35. The molecule has 1 N–H and O–H groups in total. The second-order valence-corrected chi connectivity index (χ2v) is 6.56. The third kappa shape index (κ3) is 3.06. The minimum absolute atomic E-state index is 0.297. The lowest BCUT2D eigenvalue weighted by molar-refractivity contribution is 0.342. The molecule has 2 heterocycles. The minimum atomic E-state index is 0.297. The van der Waals surface area contributed by atoms with Crippen LogP contribution in [0.25, 0.3) is 0 Å². The lowest BCUT2D eigenvalue weighted by Gasteiger charge is -2.19. The fraction of sp³-hybridized carbons (Fsp3) is 0.846. The van der Waals surface area contributed by atoms with Gasteiger partial charge in [-0.2, -0.15) is 16.7 Å². The van der Waals surface area contributed by atoms with Crippen LogP contribution in [-0.4, -0.2) is 21.9 Å². The average Bonchev–Trinajstić information content (AvgIpc) is 3.08. The van der Waals surface area contributed by atoms with Crippen molar-refractivity contribution in [2.45, 2.75) is 62.0 Å². The molecule has 3 rings (SSSR count). The summed E-state index contributed by atoms with van der Waals surface area (Å²) in [5.41, 5.74) is 0. The van der Waals surface area contributed by atoms with Crippen LogP contribution in [0, 0.1) is 0 Å². The minimum Gasteiger partial charge on any atom is -0.338 e. The number of hydrogen-bond donors (Lipinski definition) is 1. The van der Waals surface area contributed by atoms with Crippen LogP contribution in [0.2, 0.25) is 0 Å². The largest absolute Gasteiger partial charge is 0.338 e. The fourth-order valence-corrected chi connectivity index (χ4v) is 3.96. The van der Waals surface area contributed by atoms with Gasteiger partial charge in [0.05, 0.1) is 11.8 Å². The second kappa shape index (κ2) is 6.06. The van der Waals surface area contributed by atoms with Crippen LogP contribution in [0.5, 0.6) is 0 Å². The van der Waals surface area contributed by atoms with E-state index in [1.807, 2.05) is 11.8 Å². The van der Waals surface area contributed by atoms with E-state index in [1.54, 1.807) is 0 Å². The third-order valence-corrected chi connectivity index (χ3v) is 5.21. The number of thioether (sulfide) groups is 1. The molecule has 5 heteroatoms. The summed E-state index contributed by atoms with van der Waals surface area (Å²) >= 11 is 2.00. The van der Waals surface area contributed by atoms with E-state index in [0.29, 0.717) is 6.04 Å². The van der Waals surface area contributed by atoms with Gasteiger partial charge >= 0.3 is 0 Å². The van der Waals surface area contributed by atoms with Gasteiger partial charge in [-0.25, -0.2) is 0 Å². The van der Waals surface area contributed by atoms with Gasteiger partial charge in [-0.3, -0.25) is 0 Å². The molecular weight excluding hydrogens is 246 g/mol. The van der Waals surface area contributed by atoms with Gasteiger partial charge in [-0.1, -0.05) is 24.4 Å². The van der Waals surface area contributed by atoms with Crippen molar-refractivity contribution >= 4 is 11.8 Å². The highest BCUT2D eigenvalue weighted by molar-refractivity contribution is 7.99. The van der Waals surface area contributed by atoms with Crippen LogP contribution in [-0.2, 0) is 5.75 Å². The van der Waals surface area contributed by atoms with Gasteiger partial charge in [0.1, 0.15) is 0 Å². The molecule has 100 valence electrons. The summed E-state index contributed by atoms with van der Waals surface area (Å²) in [5, 5.41) is 8.30. The van der Waals surface area contributed by atoms with Gasteiger partial charge in [0, 0.05) is 5.25 Å². The number of hydrogen-bond acceptors (Lipinski definition) is 5. The first kappa shape index (κ1) is 12.5. The SMILES string of the molecule is C1CCC(SCc2noc([C@H]3CCCN3)n2)CC1. The van der Waals surface area contributed by atoms with Crippen molar-refractivity contribution < 1.29 is 4.52 Å². The summed E-state index contributed by atoms with van der Waals surface area (Å²) in [6, 6.07) is 0.297. The van der Waals surface area contributed by atoms with Crippen molar-refractivity contribution in [1.82, 2.24) is 15.5 Å². The lowest BCUT2D eigenvalue weighted by atomic mass is 10.0. The zero-order chi connectivity index (χ0) is 12.2. The Bertz CT molecular complexity index is 370. The summed E-state index contributed by atoms with van der Waals surface area (Å²) in [7, 11) is 0. The highest BCUT2D eigenvalue weighted by Gasteiger charge is 2.22. The van der Waals surface area contributed by atoms with Crippen LogP contribution in [0.4, 0.5) is 0 Å². The highest BCUT2D eigenvalue weighted by atomic mass is 32.2. The molecule has 1 saturated carbocycles. The number of rotatable bonds is 4. The number of nitrogens with zero attached hydrogens (tertiary/aromatic N) is 2. The summed E-state index contributed by atoms with van der Waals surface area (Å²) in [6.45, 7) is 1.07. The van der Waals surface area contributed by atoms with E-state index in [4.69, 9.17) is 4.52 Å². The van der Waals surface area contributed by atoms with Crippen LogP contribution in [0.15, 0.2) is 4.52 Å². The first-order valence-corrected chi connectivity index (χ1v) is 8.14. The molecule has 0 aromatic carbocycles. The molecule has 0 radical (unpaired) electrons. The Balaban J connectivity index is 1.50. The van der Waals surface area contributed by atoms with Gasteiger partial charge in [0.2, 0.25) is 5.89 Å². The van der Waals surface area contributed by atoms with Gasteiger partial charge < -0.3 is 9.84 Å². The maximum absolute atomic E-state index is 5.35. The Kier molecular flexibility index (Phi) is 4.20. The second-order valence-electron chi connectivity index (χ2n) is 5.27. The molecule has 0 bridgehead atoms. The Labute approximate surface area is 112 Å². The lowest BCUT2D eigenvalue weighted by Crippen LogP contribution is -2.13. The van der Waals surface area contributed by atoms with E-state index < -0.39 is 0 Å². The van der Waals surface area contributed by atoms with Crippen molar-refractivity contribution in [2.75, 3.05) is 6.54 Å². The molecule has 1 aliphatic heterocycles. The smallest absolute Gasteiger partial charge is 0.243 e. The Morgan fingerprint density at radius 1 is 1.17 bits per heavy atom. The summed E-state index contributed by atoms with van der Waals surface area (Å²) in [4.78, 5) is 4.52. The zero-order valence-corrected chi connectivity index (χ0v) is 11.5. The molecule has 1 atom stereocenters. The predicted octanol–water partition coefficient (Wildman–Crippen LogP) is 3.06. The van der Waals surface area contributed by atoms with E-state index in [0.717, 1.165) is 35.7 Å². The molecule has 4 nitrogen and oxygen atoms in total. The molecule has 1 saturated heterocycles. The molecule has 0 unspecified atom stereocenters. The number of nitrogens with one attached hydrogen (secondary N) is 1. The van der Waals surface area contributed by atoms with Gasteiger partial charge in [0.25, 0.3) is 0 Å². The normalized spacial score (nSPS) is 25.7. The van der Waals surface area contributed by atoms with Crippen molar-refractivity contribution in [3.05, 3.63) is 11.7 Å². The molecular formula is C13H21N3OS. The summed E-state index contributed by atoms with van der Waals surface area (Å²) < 4.78 is 5.35. The standard InChI is InChI=1S/C13H21N3OS/c1-2-5-10(6-3-1)18-9-12-15-13(17-16-12)11-7-4-8-14-11/h10-11,14H,1-9H2/t11-/m1/s1. The Morgan fingerprint density at radius 2 is 2.06 bits per heavy atom. The van der Waals surface area contributed by atoms with E-state index in [-0.39, 0.29) is 0 Å². The maximum Gasteiger partial charge on any atom is 0.243 e. The summed E-state index contributed by atoms with van der Waals surface area (Å²) in [6.07, 6.45) is 9.24. The quantitative estimate of drug-likeness (QED) is 0.908. The number of aromatic nitrogens is 2. The monoisotopic (exact) mass is 267 g/mol. The van der Waals surface area contributed by atoms with E-state index >= 15 is 0 Å². The molecule has 1 aromatic heterocycles. The molecule has 0 spiro atoms. The highest BCUT2D eigenvalue weighted by Crippen LogP contribution is 2.30. The average molecular weight is 267 g/mol. The molecule has 1 aliphatic carbocycles. The van der Waals surface area contributed by atoms with E-state index in [9.17, 15) is 0 Å². The van der Waals surface area contributed by atoms with Crippen molar-refractivity contribution in [2.24, 2.45) is 0 Å². The van der Waals surface area contributed by atoms with Crippen molar-refractivity contribution in [3.8, 4) is 0 Å².